The lowest BCUT2D eigenvalue weighted by atomic mass is 10.1. The Morgan fingerprint density at radius 2 is 2.06 bits per heavy atom. The van der Waals surface area contributed by atoms with Gasteiger partial charge in [0.15, 0.2) is 0 Å². The third-order valence-electron chi connectivity index (χ3n) is 3.01. The van der Waals surface area contributed by atoms with Crippen molar-refractivity contribution in [2.24, 2.45) is 0 Å². The maximum absolute atomic E-state index is 6.10. The fourth-order valence-corrected chi connectivity index (χ4v) is 3.54. The van der Waals surface area contributed by atoms with Crippen LogP contribution in [0.15, 0.2) is 30.8 Å². The van der Waals surface area contributed by atoms with E-state index in [2.05, 4.69) is 50.9 Å². The molecular weight excluding hydrogens is 224 g/mol. The second kappa shape index (κ2) is 6.17. The molecule has 0 aliphatic rings. The molecule has 0 saturated heterocycles. The summed E-state index contributed by atoms with van der Waals surface area (Å²) in [5.41, 5.74) is 2.34. The third kappa shape index (κ3) is 4.13. The van der Waals surface area contributed by atoms with Crippen LogP contribution in [0, 0.1) is 0 Å². The smallest absolute Gasteiger partial charge is 0.218 e. The Balaban J connectivity index is 2.82. The van der Waals surface area contributed by atoms with Crippen LogP contribution < -0.4 is 5.19 Å². The number of unbranched alkanes of at least 4 members (excludes halogenated alkanes) is 1. The summed E-state index contributed by atoms with van der Waals surface area (Å²) in [5, 5.41) is 1.36. The summed E-state index contributed by atoms with van der Waals surface area (Å²) < 4.78 is 6.10. The van der Waals surface area contributed by atoms with Crippen LogP contribution in [0.1, 0.15) is 32.3 Å². The lowest BCUT2D eigenvalue weighted by Gasteiger charge is -2.24. The molecule has 0 heterocycles. The predicted octanol–water partition coefficient (Wildman–Crippen LogP) is 3.95. The van der Waals surface area contributed by atoms with Gasteiger partial charge in [-0.1, -0.05) is 49.8 Å². The number of rotatable bonds is 6. The molecule has 94 valence electrons. The zero-order valence-electron chi connectivity index (χ0n) is 11.5. The number of hydrogen-bond acceptors (Lipinski definition) is 1. The first-order chi connectivity index (χ1) is 7.97. The minimum Gasteiger partial charge on any atom is -0.413 e. The van der Waals surface area contributed by atoms with Crippen molar-refractivity contribution < 1.29 is 4.43 Å². The molecular formula is C15H24OSi. The van der Waals surface area contributed by atoms with Crippen molar-refractivity contribution in [3.05, 3.63) is 36.4 Å². The number of benzene rings is 1. The van der Waals surface area contributed by atoms with E-state index in [4.69, 9.17) is 4.43 Å². The molecule has 1 aromatic carbocycles. The lowest BCUT2D eigenvalue weighted by molar-refractivity contribution is 0.307. The molecule has 0 atom stereocenters. The van der Waals surface area contributed by atoms with E-state index in [1.807, 2.05) is 6.92 Å². The van der Waals surface area contributed by atoms with Crippen molar-refractivity contribution in [2.45, 2.75) is 39.8 Å². The molecule has 2 heteroatoms. The van der Waals surface area contributed by atoms with Crippen molar-refractivity contribution >= 4 is 19.1 Å². The quantitative estimate of drug-likeness (QED) is 0.547. The molecule has 1 nitrogen and oxygen atoms in total. The van der Waals surface area contributed by atoms with E-state index in [0.29, 0.717) is 0 Å². The molecule has 0 N–H and O–H groups in total. The topological polar surface area (TPSA) is 9.23 Å². The van der Waals surface area contributed by atoms with Crippen LogP contribution in [0.25, 0.3) is 5.57 Å². The Kier molecular flexibility index (Phi) is 5.16. The molecule has 1 rings (SSSR count). The molecule has 0 aromatic heterocycles. The monoisotopic (exact) mass is 248 g/mol. The molecule has 0 aliphatic carbocycles. The molecule has 0 saturated carbocycles. The summed E-state index contributed by atoms with van der Waals surface area (Å²) in [6.07, 6.45) is 2.34. The summed E-state index contributed by atoms with van der Waals surface area (Å²) in [6, 6.07) is 8.64. The average molecular weight is 248 g/mol. The zero-order valence-corrected chi connectivity index (χ0v) is 12.5. The highest BCUT2D eigenvalue weighted by molar-refractivity contribution is 6.84. The van der Waals surface area contributed by atoms with E-state index in [1.165, 1.54) is 17.2 Å². The maximum Gasteiger partial charge on any atom is 0.218 e. The van der Waals surface area contributed by atoms with Gasteiger partial charge in [0.25, 0.3) is 0 Å². The van der Waals surface area contributed by atoms with Crippen LogP contribution >= 0.6 is 0 Å². The third-order valence-corrected chi connectivity index (χ3v) is 5.64. The summed E-state index contributed by atoms with van der Waals surface area (Å²) in [6.45, 7) is 13.6. The average Bonchev–Trinajstić information content (AvgIpc) is 2.29. The highest BCUT2D eigenvalue weighted by Crippen LogP contribution is 2.13. The van der Waals surface area contributed by atoms with Crippen LogP contribution in [0.4, 0.5) is 0 Å². The first-order valence-corrected chi connectivity index (χ1v) is 9.28. The Morgan fingerprint density at radius 3 is 2.65 bits per heavy atom. The van der Waals surface area contributed by atoms with E-state index < -0.39 is 8.32 Å². The van der Waals surface area contributed by atoms with Gasteiger partial charge < -0.3 is 4.43 Å². The predicted molar refractivity (Wildman–Crippen MR) is 79.1 cm³/mol. The van der Waals surface area contributed by atoms with E-state index in [1.54, 1.807) is 0 Å². The molecule has 0 amide bonds. The Hall–Kier alpha value is -0.863. The van der Waals surface area contributed by atoms with Gasteiger partial charge in [0, 0.05) is 6.61 Å². The second-order valence-corrected chi connectivity index (χ2v) is 8.96. The summed E-state index contributed by atoms with van der Waals surface area (Å²) in [7, 11) is -1.74. The normalized spacial score (nSPS) is 11.5. The molecule has 0 fully saturated rings. The molecule has 0 bridgehead atoms. The number of allylic oxidation sites excluding steroid dienone is 1. The first kappa shape index (κ1) is 14.2. The van der Waals surface area contributed by atoms with Crippen LogP contribution in [0.3, 0.4) is 0 Å². The van der Waals surface area contributed by atoms with Crippen LogP contribution in [-0.4, -0.2) is 14.9 Å². The fourth-order valence-electron chi connectivity index (χ4n) is 1.71. The minimum atomic E-state index is -1.74. The van der Waals surface area contributed by atoms with Gasteiger partial charge in [-0.15, -0.1) is 0 Å². The second-order valence-electron chi connectivity index (χ2n) is 5.07. The van der Waals surface area contributed by atoms with Crippen molar-refractivity contribution in [2.75, 3.05) is 6.61 Å². The van der Waals surface area contributed by atoms with Crippen LogP contribution in [0.2, 0.25) is 13.1 Å². The van der Waals surface area contributed by atoms with Crippen molar-refractivity contribution in [3.63, 3.8) is 0 Å². The lowest BCUT2D eigenvalue weighted by Crippen LogP contribution is -2.45. The summed E-state index contributed by atoms with van der Waals surface area (Å²) in [5.74, 6) is 0. The van der Waals surface area contributed by atoms with Crippen LogP contribution in [0.5, 0.6) is 0 Å². The molecule has 17 heavy (non-hydrogen) atoms. The standard InChI is InChI=1S/C15H24OSi/c1-6-7-11-16-17(4,5)15-10-8-9-14(12-15)13(2)3/h8-10,12H,2,6-7,11H2,1,3-5H3. The van der Waals surface area contributed by atoms with Crippen molar-refractivity contribution in [3.8, 4) is 0 Å². The Bertz CT molecular complexity index is 382. The number of hydrogen-bond donors (Lipinski definition) is 0. The fraction of sp³-hybridized carbons (Fsp3) is 0.467. The van der Waals surface area contributed by atoms with E-state index >= 15 is 0 Å². The van der Waals surface area contributed by atoms with Gasteiger partial charge in [-0.25, -0.2) is 0 Å². The van der Waals surface area contributed by atoms with Crippen molar-refractivity contribution in [1.82, 2.24) is 0 Å². The molecule has 0 aliphatic heterocycles. The highest BCUT2D eigenvalue weighted by Gasteiger charge is 2.25. The van der Waals surface area contributed by atoms with E-state index in [0.717, 1.165) is 18.6 Å². The van der Waals surface area contributed by atoms with E-state index in [-0.39, 0.29) is 0 Å². The minimum absolute atomic E-state index is 0.882. The molecule has 1 aromatic rings. The van der Waals surface area contributed by atoms with Gasteiger partial charge >= 0.3 is 0 Å². The summed E-state index contributed by atoms with van der Waals surface area (Å²) >= 11 is 0. The zero-order chi connectivity index (χ0) is 12.9. The van der Waals surface area contributed by atoms with Gasteiger partial charge in [-0.2, -0.15) is 0 Å². The maximum atomic E-state index is 6.10. The highest BCUT2D eigenvalue weighted by atomic mass is 28.4. The Morgan fingerprint density at radius 1 is 1.35 bits per heavy atom. The molecule has 0 unspecified atom stereocenters. The van der Waals surface area contributed by atoms with Gasteiger partial charge in [0.2, 0.25) is 8.32 Å². The van der Waals surface area contributed by atoms with Crippen LogP contribution in [-0.2, 0) is 4.43 Å². The van der Waals surface area contributed by atoms with Crippen molar-refractivity contribution in [1.29, 1.82) is 0 Å². The SMILES string of the molecule is C=C(C)c1cccc([Si](C)(C)OCCCC)c1. The van der Waals surface area contributed by atoms with Gasteiger partial charge in [-0.3, -0.25) is 0 Å². The first-order valence-electron chi connectivity index (χ1n) is 6.37. The largest absolute Gasteiger partial charge is 0.413 e. The molecule has 0 radical (unpaired) electrons. The summed E-state index contributed by atoms with van der Waals surface area (Å²) in [4.78, 5) is 0. The van der Waals surface area contributed by atoms with Gasteiger partial charge in [0.1, 0.15) is 0 Å². The molecule has 0 spiro atoms. The van der Waals surface area contributed by atoms with E-state index in [9.17, 15) is 0 Å². The Labute approximate surface area is 107 Å². The van der Waals surface area contributed by atoms with Gasteiger partial charge in [-0.05, 0) is 37.2 Å². The van der Waals surface area contributed by atoms with Gasteiger partial charge in [0.05, 0.1) is 0 Å².